The smallest absolute Gasteiger partial charge is 0.252 e. The number of thiophene rings is 1. The van der Waals surface area contributed by atoms with E-state index in [-0.39, 0.29) is 17.8 Å². The number of carbonyl (C=O) groups is 2. The predicted octanol–water partition coefficient (Wildman–Crippen LogP) is 3.14. The van der Waals surface area contributed by atoms with Crippen molar-refractivity contribution in [2.24, 2.45) is 0 Å². The van der Waals surface area contributed by atoms with Gasteiger partial charge in [0.25, 0.3) is 5.91 Å². The maximum atomic E-state index is 12.3. The summed E-state index contributed by atoms with van der Waals surface area (Å²) in [5.41, 5.74) is 3.45. The molecular weight excluding hydrogens is 362 g/mol. The lowest BCUT2D eigenvalue weighted by molar-refractivity contribution is 0.0934. The lowest BCUT2D eigenvalue weighted by Crippen LogP contribution is -2.34. The van der Waals surface area contributed by atoms with Crippen molar-refractivity contribution in [2.45, 2.75) is 19.4 Å². The number of aromatic nitrogens is 2. The van der Waals surface area contributed by atoms with E-state index in [1.165, 1.54) is 24.6 Å². The average Bonchev–Trinajstić information content (AvgIpc) is 3.33. The number of para-hydroxylation sites is 1. The Morgan fingerprint density at radius 3 is 2.85 bits per heavy atom. The lowest BCUT2D eigenvalue weighted by atomic mass is 10.0. The molecule has 7 heteroatoms. The number of nitrogens with one attached hydrogen (secondary N) is 1. The van der Waals surface area contributed by atoms with Gasteiger partial charge in [-0.05, 0) is 18.6 Å². The number of nitrogens with zero attached hydrogens (tertiary/aromatic N) is 2. The molecule has 0 saturated carbocycles. The summed E-state index contributed by atoms with van der Waals surface area (Å²) >= 11 is 1.28. The number of ketones is 1. The quantitative estimate of drug-likeness (QED) is 0.689. The Labute approximate surface area is 160 Å². The lowest BCUT2D eigenvalue weighted by Gasteiger charge is -2.13. The van der Waals surface area contributed by atoms with E-state index in [4.69, 9.17) is 4.74 Å². The number of ether oxygens (including phenoxy) is 1. The molecule has 1 aromatic carbocycles. The van der Waals surface area contributed by atoms with E-state index < -0.39 is 0 Å². The minimum Gasteiger partial charge on any atom is -0.487 e. The van der Waals surface area contributed by atoms with E-state index in [2.05, 4.69) is 15.3 Å². The molecule has 3 aromatic rings. The molecule has 1 amide bonds. The average molecular weight is 379 g/mol. The van der Waals surface area contributed by atoms with Gasteiger partial charge in [-0.3, -0.25) is 9.59 Å². The van der Waals surface area contributed by atoms with Crippen molar-refractivity contribution in [1.29, 1.82) is 0 Å². The third-order valence-corrected chi connectivity index (χ3v) is 5.43. The molecule has 0 radical (unpaired) electrons. The molecule has 6 nitrogen and oxygen atoms in total. The van der Waals surface area contributed by atoms with Crippen LogP contribution in [0.2, 0.25) is 0 Å². The van der Waals surface area contributed by atoms with Crippen LogP contribution >= 0.6 is 11.3 Å². The molecule has 1 aliphatic rings. The van der Waals surface area contributed by atoms with Gasteiger partial charge in [-0.25, -0.2) is 9.97 Å². The number of carbonyl (C=O) groups excluding carboxylic acids is 2. The summed E-state index contributed by atoms with van der Waals surface area (Å²) in [6.07, 6.45) is 5.59. The van der Waals surface area contributed by atoms with Crippen LogP contribution in [0.3, 0.4) is 0 Å². The zero-order valence-electron chi connectivity index (χ0n) is 14.6. The Kier molecular flexibility index (Phi) is 4.68. The van der Waals surface area contributed by atoms with Gasteiger partial charge in [0.1, 0.15) is 18.2 Å². The normalized spacial score (nSPS) is 15.1. The fourth-order valence-corrected chi connectivity index (χ4v) is 3.86. The second-order valence-corrected chi connectivity index (χ2v) is 7.24. The minimum absolute atomic E-state index is 0.0361. The highest BCUT2D eigenvalue weighted by Crippen LogP contribution is 2.38. The molecule has 0 fully saturated rings. The van der Waals surface area contributed by atoms with Crippen LogP contribution in [0.25, 0.3) is 11.1 Å². The fraction of sp³-hybridized carbons (Fsp3) is 0.200. The van der Waals surface area contributed by atoms with Gasteiger partial charge in [0.15, 0.2) is 5.78 Å². The van der Waals surface area contributed by atoms with Crippen molar-refractivity contribution >= 4 is 23.0 Å². The van der Waals surface area contributed by atoms with Crippen molar-refractivity contribution in [3.63, 3.8) is 0 Å². The molecule has 27 heavy (non-hydrogen) atoms. The molecule has 1 N–H and O–H groups in total. The SMILES string of the molecule is CC(=O)c1cc(C(=O)NCC2Cc3cccc(-c4cncnc4)c3O2)cs1. The molecule has 0 spiro atoms. The Balaban J connectivity index is 1.43. The molecule has 0 bridgehead atoms. The van der Waals surface area contributed by atoms with Gasteiger partial charge in [0.05, 0.1) is 17.0 Å². The molecule has 3 heterocycles. The first kappa shape index (κ1) is 17.4. The van der Waals surface area contributed by atoms with E-state index in [1.54, 1.807) is 23.8 Å². The van der Waals surface area contributed by atoms with Crippen molar-refractivity contribution in [1.82, 2.24) is 15.3 Å². The zero-order chi connectivity index (χ0) is 18.8. The molecule has 0 aliphatic carbocycles. The van der Waals surface area contributed by atoms with E-state index in [0.29, 0.717) is 17.0 Å². The highest BCUT2D eigenvalue weighted by molar-refractivity contribution is 7.12. The molecule has 1 unspecified atom stereocenters. The summed E-state index contributed by atoms with van der Waals surface area (Å²) in [7, 11) is 0. The third-order valence-electron chi connectivity index (χ3n) is 4.40. The summed E-state index contributed by atoms with van der Waals surface area (Å²) in [5.74, 6) is 0.585. The standard InChI is InChI=1S/C20H17N3O3S/c1-12(24)18-6-14(10-27-18)20(25)23-9-16-5-13-3-2-4-17(19(13)26-16)15-7-21-11-22-8-15/h2-4,6-8,10-11,16H,5,9H2,1H3,(H,23,25). The molecule has 2 aromatic heterocycles. The van der Waals surface area contributed by atoms with Crippen molar-refractivity contribution in [2.75, 3.05) is 6.54 Å². The maximum Gasteiger partial charge on any atom is 0.252 e. The Morgan fingerprint density at radius 1 is 1.30 bits per heavy atom. The largest absolute Gasteiger partial charge is 0.487 e. The van der Waals surface area contributed by atoms with Gasteiger partial charge >= 0.3 is 0 Å². The van der Waals surface area contributed by atoms with Crippen LogP contribution in [0.4, 0.5) is 0 Å². The minimum atomic E-state index is -0.199. The van der Waals surface area contributed by atoms with Gasteiger partial charge in [0.2, 0.25) is 0 Å². The van der Waals surface area contributed by atoms with Crippen LogP contribution in [0.15, 0.2) is 48.4 Å². The van der Waals surface area contributed by atoms with Gasteiger partial charge in [-0.1, -0.05) is 18.2 Å². The van der Waals surface area contributed by atoms with Gasteiger partial charge < -0.3 is 10.1 Å². The fourth-order valence-electron chi connectivity index (χ4n) is 3.07. The van der Waals surface area contributed by atoms with Crippen LogP contribution < -0.4 is 10.1 Å². The van der Waals surface area contributed by atoms with Gasteiger partial charge in [0, 0.05) is 35.3 Å². The number of fused-ring (bicyclic) bond motifs is 1. The predicted molar refractivity (Wildman–Crippen MR) is 102 cm³/mol. The second kappa shape index (κ2) is 7.28. The Hall–Kier alpha value is -3.06. The molecule has 136 valence electrons. The molecular formula is C20H17N3O3S. The summed E-state index contributed by atoms with van der Waals surface area (Å²) in [6.45, 7) is 1.88. The molecule has 1 aliphatic heterocycles. The van der Waals surface area contributed by atoms with Gasteiger partial charge in [-0.15, -0.1) is 11.3 Å². The highest BCUT2D eigenvalue weighted by Gasteiger charge is 2.26. The monoisotopic (exact) mass is 379 g/mol. The number of Topliss-reactive ketones (excluding diaryl/α,β-unsaturated/α-hetero) is 1. The zero-order valence-corrected chi connectivity index (χ0v) is 15.5. The summed E-state index contributed by atoms with van der Waals surface area (Å²) in [5, 5.41) is 4.59. The maximum absolute atomic E-state index is 12.3. The van der Waals surface area contributed by atoms with Gasteiger partial charge in [-0.2, -0.15) is 0 Å². The summed E-state index contributed by atoms with van der Waals surface area (Å²) in [4.78, 5) is 32.4. The second-order valence-electron chi connectivity index (χ2n) is 6.33. The van der Waals surface area contributed by atoms with Crippen LogP contribution in [0, 0.1) is 0 Å². The van der Waals surface area contributed by atoms with Crippen molar-refractivity contribution in [3.8, 4) is 16.9 Å². The van der Waals surface area contributed by atoms with E-state index in [9.17, 15) is 9.59 Å². The number of amides is 1. The molecule has 4 rings (SSSR count). The van der Waals surface area contributed by atoms with Crippen LogP contribution in [0.1, 0.15) is 32.5 Å². The van der Waals surface area contributed by atoms with Crippen molar-refractivity contribution in [3.05, 3.63) is 64.4 Å². The summed E-state index contributed by atoms with van der Waals surface area (Å²) in [6, 6.07) is 7.62. The number of rotatable bonds is 5. The highest BCUT2D eigenvalue weighted by atomic mass is 32.1. The first-order valence-electron chi connectivity index (χ1n) is 8.53. The Bertz CT molecular complexity index is 1000. The van der Waals surface area contributed by atoms with Crippen LogP contribution in [0.5, 0.6) is 5.75 Å². The van der Waals surface area contributed by atoms with E-state index in [1.807, 2.05) is 18.2 Å². The first-order chi connectivity index (χ1) is 13.1. The number of benzene rings is 1. The molecule has 0 saturated heterocycles. The summed E-state index contributed by atoms with van der Waals surface area (Å²) < 4.78 is 6.10. The van der Waals surface area contributed by atoms with E-state index >= 15 is 0 Å². The number of hydrogen-bond acceptors (Lipinski definition) is 6. The van der Waals surface area contributed by atoms with E-state index in [0.717, 1.165) is 28.9 Å². The Morgan fingerprint density at radius 2 is 2.11 bits per heavy atom. The third kappa shape index (κ3) is 3.59. The first-order valence-corrected chi connectivity index (χ1v) is 9.41. The molecule has 1 atom stereocenters. The van der Waals surface area contributed by atoms with Crippen LogP contribution in [-0.4, -0.2) is 34.3 Å². The number of hydrogen-bond donors (Lipinski definition) is 1. The van der Waals surface area contributed by atoms with Crippen LogP contribution in [-0.2, 0) is 6.42 Å². The van der Waals surface area contributed by atoms with Crippen molar-refractivity contribution < 1.29 is 14.3 Å². The topological polar surface area (TPSA) is 81.2 Å².